The minimum absolute atomic E-state index is 0.0438. The van der Waals surface area contributed by atoms with Crippen LogP contribution in [0.1, 0.15) is 58.2 Å². The number of fused-ring (bicyclic) bond motifs is 1. The van der Waals surface area contributed by atoms with Crippen LogP contribution < -0.4 is 11.1 Å². The number of benzene rings is 1. The number of hydrogen-bond donors (Lipinski definition) is 2. The van der Waals surface area contributed by atoms with Gasteiger partial charge in [0.1, 0.15) is 18.1 Å². The van der Waals surface area contributed by atoms with E-state index in [9.17, 15) is 4.79 Å². The molecule has 9 nitrogen and oxygen atoms in total. The van der Waals surface area contributed by atoms with Gasteiger partial charge in [-0.15, -0.1) is 0 Å². The summed E-state index contributed by atoms with van der Waals surface area (Å²) in [5.74, 6) is 0.423. The molecule has 2 unspecified atom stereocenters. The highest BCUT2D eigenvalue weighted by Gasteiger charge is 2.29. The van der Waals surface area contributed by atoms with E-state index in [2.05, 4.69) is 65.1 Å². The van der Waals surface area contributed by atoms with Gasteiger partial charge in [0, 0.05) is 18.7 Å². The molecule has 4 rings (SSSR count). The Hall–Kier alpha value is -3.04. The number of carbonyl (C=O) groups excluding carboxylic acids is 1. The van der Waals surface area contributed by atoms with E-state index in [1.165, 1.54) is 11.9 Å². The number of aromatic nitrogens is 4. The Kier molecular flexibility index (Phi) is 7.13. The number of hydrogen-bond acceptors (Lipinski definition) is 7. The van der Waals surface area contributed by atoms with Gasteiger partial charge in [-0.3, -0.25) is 9.36 Å². The monoisotopic (exact) mass is 465 g/mol. The summed E-state index contributed by atoms with van der Waals surface area (Å²) in [5.41, 5.74) is 9.39. The highest BCUT2D eigenvalue weighted by Crippen LogP contribution is 2.31. The lowest BCUT2D eigenvalue weighted by molar-refractivity contribution is -0.116. The smallest absolute Gasteiger partial charge is 0.224 e. The maximum absolute atomic E-state index is 12.3. The fourth-order valence-corrected chi connectivity index (χ4v) is 4.33. The van der Waals surface area contributed by atoms with Crippen molar-refractivity contribution in [2.24, 2.45) is 0 Å². The number of nitrogens with two attached hydrogens (primary N) is 1. The zero-order valence-electron chi connectivity index (χ0n) is 20.5. The normalized spacial score (nSPS) is 18.6. The molecule has 2 aromatic heterocycles. The van der Waals surface area contributed by atoms with E-state index in [-0.39, 0.29) is 23.7 Å². The fraction of sp³-hybridized carbons (Fsp3) is 0.520. The van der Waals surface area contributed by atoms with Gasteiger partial charge < -0.3 is 20.7 Å². The summed E-state index contributed by atoms with van der Waals surface area (Å²) in [6.45, 7) is 8.19. The van der Waals surface area contributed by atoms with Crippen LogP contribution in [0.5, 0.6) is 0 Å². The molecule has 3 aromatic rings. The second-order valence-corrected chi connectivity index (χ2v) is 10.1. The first-order valence-corrected chi connectivity index (χ1v) is 11.9. The molecule has 1 aliphatic rings. The van der Waals surface area contributed by atoms with Crippen LogP contribution in [0.3, 0.4) is 0 Å². The van der Waals surface area contributed by atoms with Crippen LogP contribution in [-0.2, 0) is 14.9 Å². The van der Waals surface area contributed by atoms with E-state index in [0.29, 0.717) is 23.4 Å². The average Bonchev–Trinajstić information content (AvgIpc) is 3.41. The lowest BCUT2D eigenvalue weighted by atomic mass is 9.87. The minimum Gasteiger partial charge on any atom is -0.382 e. The maximum atomic E-state index is 12.3. The molecule has 34 heavy (non-hydrogen) atoms. The average molecular weight is 466 g/mol. The van der Waals surface area contributed by atoms with Crippen LogP contribution >= 0.6 is 0 Å². The summed E-state index contributed by atoms with van der Waals surface area (Å²) >= 11 is 0. The SMILES string of the molecule is CN(CCCC(=O)Nc1ccc(C(C)(C)C)cc1)CC1CCC(n2cnc3c(N)ncnc32)O1. The van der Waals surface area contributed by atoms with Gasteiger partial charge in [-0.1, -0.05) is 32.9 Å². The third-order valence-electron chi connectivity index (χ3n) is 6.28. The van der Waals surface area contributed by atoms with Crippen molar-refractivity contribution in [2.75, 3.05) is 31.2 Å². The van der Waals surface area contributed by atoms with E-state index in [1.807, 2.05) is 16.7 Å². The Morgan fingerprint density at radius 2 is 1.97 bits per heavy atom. The Balaban J connectivity index is 1.19. The number of ether oxygens (including phenoxy) is 1. The molecule has 2 atom stereocenters. The molecule has 9 heteroatoms. The molecule has 3 heterocycles. The molecule has 0 bridgehead atoms. The number of nitrogens with zero attached hydrogens (tertiary/aromatic N) is 5. The van der Waals surface area contributed by atoms with Gasteiger partial charge in [-0.25, -0.2) is 15.0 Å². The largest absolute Gasteiger partial charge is 0.382 e. The highest BCUT2D eigenvalue weighted by molar-refractivity contribution is 5.90. The van der Waals surface area contributed by atoms with Crippen molar-refractivity contribution in [3.63, 3.8) is 0 Å². The van der Waals surface area contributed by atoms with Crippen molar-refractivity contribution in [3.05, 3.63) is 42.5 Å². The van der Waals surface area contributed by atoms with Crippen LogP contribution in [0.15, 0.2) is 36.9 Å². The van der Waals surface area contributed by atoms with Crippen molar-refractivity contribution in [1.82, 2.24) is 24.4 Å². The molecule has 182 valence electrons. The predicted octanol–water partition coefficient (Wildman–Crippen LogP) is 3.73. The van der Waals surface area contributed by atoms with Crippen molar-refractivity contribution in [2.45, 2.75) is 64.2 Å². The number of carbonyl (C=O) groups is 1. The molecule has 0 aliphatic carbocycles. The predicted molar refractivity (Wildman–Crippen MR) is 133 cm³/mol. The van der Waals surface area contributed by atoms with Crippen LogP contribution in [0.4, 0.5) is 11.5 Å². The molecule has 1 fully saturated rings. The summed E-state index contributed by atoms with van der Waals surface area (Å²) < 4.78 is 8.20. The summed E-state index contributed by atoms with van der Waals surface area (Å²) in [6, 6.07) is 8.10. The number of anilines is 2. The Bertz CT molecular complexity index is 1120. The van der Waals surface area contributed by atoms with Gasteiger partial charge in [0.05, 0.1) is 12.4 Å². The van der Waals surface area contributed by atoms with Gasteiger partial charge in [0.25, 0.3) is 0 Å². The van der Waals surface area contributed by atoms with E-state index in [4.69, 9.17) is 10.5 Å². The number of nitrogens with one attached hydrogen (secondary N) is 1. The highest BCUT2D eigenvalue weighted by atomic mass is 16.5. The Morgan fingerprint density at radius 1 is 1.21 bits per heavy atom. The number of likely N-dealkylation sites (N-methyl/N-ethyl adjacent to an activating group) is 1. The number of imidazole rings is 1. The van der Waals surface area contributed by atoms with Crippen molar-refractivity contribution in [1.29, 1.82) is 0 Å². The lowest BCUT2D eigenvalue weighted by Crippen LogP contribution is -2.30. The number of nitrogen functional groups attached to an aromatic ring is 1. The van der Waals surface area contributed by atoms with Crippen LogP contribution in [0, 0.1) is 0 Å². The van der Waals surface area contributed by atoms with E-state index >= 15 is 0 Å². The fourth-order valence-electron chi connectivity index (χ4n) is 4.33. The molecule has 0 spiro atoms. The minimum atomic E-state index is -0.104. The molecular weight excluding hydrogens is 430 g/mol. The van der Waals surface area contributed by atoms with Gasteiger partial charge >= 0.3 is 0 Å². The molecular formula is C25H35N7O2. The topological polar surface area (TPSA) is 111 Å². The quantitative estimate of drug-likeness (QED) is 0.521. The molecule has 1 amide bonds. The summed E-state index contributed by atoms with van der Waals surface area (Å²) in [7, 11) is 2.07. The molecule has 1 aliphatic heterocycles. The summed E-state index contributed by atoms with van der Waals surface area (Å²) in [5, 5.41) is 3.00. The lowest BCUT2D eigenvalue weighted by Gasteiger charge is -2.21. The van der Waals surface area contributed by atoms with Crippen LogP contribution in [0.25, 0.3) is 11.2 Å². The van der Waals surface area contributed by atoms with Gasteiger partial charge in [-0.2, -0.15) is 0 Å². The van der Waals surface area contributed by atoms with Gasteiger partial charge in [0.15, 0.2) is 11.5 Å². The standard InChI is InChI=1S/C25H35N7O2/c1-25(2,3)17-7-9-18(10-8-17)30-20(33)6-5-13-31(4)14-19-11-12-21(34-19)32-16-29-22-23(26)27-15-28-24(22)32/h7-10,15-16,19,21H,5-6,11-14H2,1-4H3,(H,30,33)(H2,26,27,28). The van der Waals surface area contributed by atoms with Gasteiger partial charge in [0.2, 0.25) is 5.91 Å². The first-order valence-electron chi connectivity index (χ1n) is 11.9. The molecule has 1 aromatic carbocycles. The van der Waals surface area contributed by atoms with Crippen molar-refractivity contribution >= 4 is 28.6 Å². The zero-order valence-corrected chi connectivity index (χ0v) is 20.5. The molecule has 3 N–H and O–H groups in total. The van der Waals surface area contributed by atoms with E-state index in [1.54, 1.807) is 6.33 Å². The van der Waals surface area contributed by atoms with Crippen molar-refractivity contribution < 1.29 is 9.53 Å². The van der Waals surface area contributed by atoms with E-state index in [0.717, 1.165) is 38.0 Å². The third-order valence-corrected chi connectivity index (χ3v) is 6.28. The van der Waals surface area contributed by atoms with Crippen LogP contribution in [0.2, 0.25) is 0 Å². The second kappa shape index (κ2) is 10.1. The zero-order chi connectivity index (χ0) is 24.3. The Morgan fingerprint density at radius 3 is 2.71 bits per heavy atom. The molecule has 0 saturated carbocycles. The molecule has 0 radical (unpaired) electrons. The first kappa shape index (κ1) is 24.1. The van der Waals surface area contributed by atoms with Crippen molar-refractivity contribution in [3.8, 4) is 0 Å². The molecule has 1 saturated heterocycles. The Labute approximate surface area is 200 Å². The first-order chi connectivity index (χ1) is 16.2. The van der Waals surface area contributed by atoms with Gasteiger partial charge in [-0.05, 0) is 56.0 Å². The maximum Gasteiger partial charge on any atom is 0.224 e. The van der Waals surface area contributed by atoms with E-state index < -0.39 is 0 Å². The third kappa shape index (κ3) is 5.71. The summed E-state index contributed by atoms with van der Waals surface area (Å²) in [4.78, 5) is 27.2. The number of rotatable bonds is 8. The second-order valence-electron chi connectivity index (χ2n) is 10.1. The number of amides is 1. The van der Waals surface area contributed by atoms with Crippen LogP contribution in [-0.4, -0.2) is 56.6 Å². The summed E-state index contributed by atoms with van der Waals surface area (Å²) in [6.07, 6.45) is 6.33.